The SMILES string of the molecule is COc1ccc(C)cc1C(=O)C1CCCCO1. The summed E-state index contributed by atoms with van der Waals surface area (Å²) < 4.78 is 10.8. The van der Waals surface area contributed by atoms with Gasteiger partial charge in [-0.15, -0.1) is 0 Å². The number of methoxy groups -OCH3 is 1. The maximum atomic E-state index is 12.3. The summed E-state index contributed by atoms with van der Waals surface area (Å²) in [7, 11) is 1.59. The Morgan fingerprint density at radius 3 is 2.88 bits per heavy atom. The van der Waals surface area contributed by atoms with Gasteiger partial charge in [-0.2, -0.15) is 0 Å². The van der Waals surface area contributed by atoms with Gasteiger partial charge in [-0.05, 0) is 38.3 Å². The molecule has 1 aromatic carbocycles. The highest BCUT2D eigenvalue weighted by Crippen LogP contribution is 2.25. The first kappa shape index (κ1) is 12.1. The van der Waals surface area contributed by atoms with Crippen molar-refractivity contribution in [1.29, 1.82) is 0 Å². The Bertz CT molecular complexity index is 406. The summed E-state index contributed by atoms with van der Waals surface area (Å²) >= 11 is 0. The Hall–Kier alpha value is -1.35. The molecule has 1 aromatic rings. The fourth-order valence-electron chi connectivity index (χ4n) is 2.14. The first-order valence-corrected chi connectivity index (χ1v) is 6.03. The predicted molar refractivity (Wildman–Crippen MR) is 65.7 cm³/mol. The third-order valence-electron chi connectivity index (χ3n) is 3.09. The van der Waals surface area contributed by atoms with Gasteiger partial charge >= 0.3 is 0 Å². The van der Waals surface area contributed by atoms with Crippen LogP contribution in [0.5, 0.6) is 5.75 Å². The molecule has 92 valence electrons. The lowest BCUT2D eigenvalue weighted by molar-refractivity contribution is 0.0184. The van der Waals surface area contributed by atoms with Crippen molar-refractivity contribution in [1.82, 2.24) is 0 Å². The maximum Gasteiger partial charge on any atom is 0.195 e. The van der Waals surface area contributed by atoms with Gasteiger partial charge in [-0.25, -0.2) is 0 Å². The van der Waals surface area contributed by atoms with Crippen LogP contribution in [0.3, 0.4) is 0 Å². The van der Waals surface area contributed by atoms with Gasteiger partial charge in [0.15, 0.2) is 5.78 Å². The van der Waals surface area contributed by atoms with E-state index in [1.807, 2.05) is 25.1 Å². The molecule has 3 heteroatoms. The highest BCUT2D eigenvalue weighted by Gasteiger charge is 2.25. The van der Waals surface area contributed by atoms with Crippen LogP contribution in [0.4, 0.5) is 0 Å². The predicted octanol–water partition coefficient (Wildman–Crippen LogP) is 2.76. The van der Waals surface area contributed by atoms with Crippen molar-refractivity contribution in [3.63, 3.8) is 0 Å². The van der Waals surface area contributed by atoms with E-state index in [1.54, 1.807) is 7.11 Å². The van der Waals surface area contributed by atoms with Gasteiger partial charge in [0.25, 0.3) is 0 Å². The number of ketones is 1. The number of aryl methyl sites for hydroxylation is 1. The minimum Gasteiger partial charge on any atom is -0.496 e. The van der Waals surface area contributed by atoms with Gasteiger partial charge in [0.2, 0.25) is 0 Å². The van der Waals surface area contributed by atoms with Crippen LogP contribution >= 0.6 is 0 Å². The molecule has 1 aliphatic heterocycles. The zero-order valence-corrected chi connectivity index (χ0v) is 10.4. The summed E-state index contributed by atoms with van der Waals surface area (Å²) in [6.07, 6.45) is 2.63. The van der Waals surface area contributed by atoms with E-state index in [-0.39, 0.29) is 11.9 Å². The Morgan fingerprint density at radius 1 is 1.41 bits per heavy atom. The van der Waals surface area contributed by atoms with Gasteiger partial charge in [-0.1, -0.05) is 11.6 Å². The molecule has 0 aromatic heterocycles. The van der Waals surface area contributed by atoms with Crippen LogP contribution in [0.1, 0.15) is 35.2 Å². The second-order valence-electron chi connectivity index (χ2n) is 4.42. The van der Waals surface area contributed by atoms with E-state index in [2.05, 4.69) is 0 Å². The van der Waals surface area contributed by atoms with E-state index in [0.29, 0.717) is 17.9 Å². The molecular weight excluding hydrogens is 216 g/mol. The number of ether oxygens (including phenoxy) is 2. The molecule has 1 heterocycles. The Balaban J connectivity index is 2.25. The maximum absolute atomic E-state index is 12.3. The number of hydrogen-bond acceptors (Lipinski definition) is 3. The third kappa shape index (κ3) is 2.67. The van der Waals surface area contributed by atoms with Gasteiger partial charge in [0, 0.05) is 6.61 Å². The third-order valence-corrected chi connectivity index (χ3v) is 3.09. The highest BCUT2D eigenvalue weighted by molar-refractivity contribution is 6.02. The van der Waals surface area contributed by atoms with Crippen LogP contribution in [0.15, 0.2) is 18.2 Å². The molecule has 17 heavy (non-hydrogen) atoms. The Kier molecular flexibility index (Phi) is 3.79. The van der Waals surface area contributed by atoms with Crippen molar-refractivity contribution in [3.8, 4) is 5.75 Å². The number of carbonyl (C=O) groups is 1. The summed E-state index contributed by atoms with van der Waals surface area (Å²) in [5, 5.41) is 0. The number of rotatable bonds is 3. The van der Waals surface area contributed by atoms with Crippen LogP contribution in [-0.4, -0.2) is 25.6 Å². The summed E-state index contributed by atoms with van der Waals surface area (Å²) in [5.74, 6) is 0.681. The van der Waals surface area contributed by atoms with Crippen molar-refractivity contribution in [2.24, 2.45) is 0 Å². The molecular formula is C14H18O3. The molecule has 0 N–H and O–H groups in total. The number of Topliss-reactive ketones (excluding diaryl/α,β-unsaturated/α-hetero) is 1. The van der Waals surface area contributed by atoms with Crippen molar-refractivity contribution >= 4 is 5.78 Å². The Labute approximate surface area is 102 Å². The minimum absolute atomic E-state index is 0.0465. The second kappa shape index (κ2) is 5.32. The molecule has 0 saturated carbocycles. The Morgan fingerprint density at radius 2 is 2.24 bits per heavy atom. The molecule has 0 amide bonds. The molecule has 2 rings (SSSR count). The molecule has 0 aliphatic carbocycles. The smallest absolute Gasteiger partial charge is 0.195 e. The monoisotopic (exact) mass is 234 g/mol. The molecule has 0 radical (unpaired) electrons. The van der Waals surface area contributed by atoms with E-state index >= 15 is 0 Å². The first-order chi connectivity index (χ1) is 8.22. The summed E-state index contributed by atoms with van der Waals surface area (Å²) in [6, 6.07) is 5.65. The van der Waals surface area contributed by atoms with Crippen LogP contribution in [-0.2, 0) is 4.74 Å². The lowest BCUT2D eigenvalue weighted by Gasteiger charge is -2.22. The highest BCUT2D eigenvalue weighted by atomic mass is 16.5. The number of benzene rings is 1. The molecule has 1 fully saturated rings. The quantitative estimate of drug-likeness (QED) is 0.754. The molecule has 1 unspecified atom stereocenters. The van der Waals surface area contributed by atoms with E-state index in [4.69, 9.17) is 9.47 Å². The normalized spacial score (nSPS) is 20.0. The summed E-state index contributed by atoms with van der Waals surface area (Å²) in [5.41, 5.74) is 1.70. The fourth-order valence-corrected chi connectivity index (χ4v) is 2.14. The minimum atomic E-state index is -0.292. The van der Waals surface area contributed by atoms with Crippen LogP contribution in [0.25, 0.3) is 0 Å². The molecule has 1 atom stereocenters. The van der Waals surface area contributed by atoms with E-state index < -0.39 is 0 Å². The topological polar surface area (TPSA) is 35.5 Å². The van der Waals surface area contributed by atoms with Gasteiger partial charge in [0.1, 0.15) is 11.9 Å². The lowest BCUT2D eigenvalue weighted by Crippen LogP contribution is -2.28. The largest absolute Gasteiger partial charge is 0.496 e. The van der Waals surface area contributed by atoms with E-state index in [0.717, 1.165) is 24.8 Å². The summed E-state index contributed by atoms with van der Waals surface area (Å²) in [4.78, 5) is 12.3. The van der Waals surface area contributed by atoms with Gasteiger partial charge in [-0.3, -0.25) is 4.79 Å². The van der Waals surface area contributed by atoms with Crippen LogP contribution in [0, 0.1) is 6.92 Å². The van der Waals surface area contributed by atoms with Crippen LogP contribution in [0.2, 0.25) is 0 Å². The zero-order chi connectivity index (χ0) is 12.3. The zero-order valence-electron chi connectivity index (χ0n) is 10.4. The standard InChI is InChI=1S/C14H18O3/c1-10-6-7-12(16-2)11(9-10)14(15)13-5-3-4-8-17-13/h6-7,9,13H,3-5,8H2,1-2H3. The molecule has 0 spiro atoms. The average molecular weight is 234 g/mol. The first-order valence-electron chi connectivity index (χ1n) is 6.03. The molecule has 1 aliphatic rings. The van der Waals surface area contributed by atoms with Gasteiger partial charge < -0.3 is 9.47 Å². The molecule has 1 saturated heterocycles. The fraction of sp³-hybridized carbons (Fsp3) is 0.500. The lowest BCUT2D eigenvalue weighted by atomic mass is 9.98. The van der Waals surface area contributed by atoms with Crippen molar-refractivity contribution in [2.45, 2.75) is 32.3 Å². The second-order valence-corrected chi connectivity index (χ2v) is 4.42. The van der Waals surface area contributed by atoms with Crippen molar-refractivity contribution in [3.05, 3.63) is 29.3 Å². The van der Waals surface area contributed by atoms with Crippen molar-refractivity contribution < 1.29 is 14.3 Å². The average Bonchev–Trinajstić information content (AvgIpc) is 2.39. The molecule has 0 bridgehead atoms. The number of hydrogen-bond donors (Lipinski definition) is 0. The molecule has 3 nitrogen and oxygen atoms in total. The van der Waals surface area contributed by atoms with Gasteiger partial charge in [0.05, 0.1) is 12.7 Å². The van der Waals surface area contributed by atoms with Crippen molar-refractivity contribution in [2.75, 3.05) is 13.7 Å². The number of carbonyl (C=O) groups excluding carboxylic acids is 1. The van der Waals surface area contributed by atoms with Crippen LogP contribution < -0.4 is 4.74 Å². The summed E-state index contributed by atoms with van der Waals surface area (Å²) in [6.45, 7) is 2.66. The van der Waals surface area contributed by atoms with E-state index in [1.165, 1.54) is 0 Å². The van der Waals surface area contributed by atoms with E-state index in [9.17, 15) is 4.79 Å².